The fraction of sp³-hybridized carbons (Fsp3) is 0.222. The number of rotatable bonds is 4. The molecule has 82 valence electrons. The molecule has 0 heterocycles. The van der Waals surface area contributed by atoms with E-state index in [0.29, 0.717) is 5.17 Å². The molecule has 0 radical (unpaired) electrons. The van der Waals surface area contributed by atoms with Gasteiger partial charge in [0.25, 0.3) is 0 Å². The van der Waals surface area contributed by atoms with Gasteiger partial charge in [-0.3, -0.25) is 0 Å². The molecule has 0 unspecified atom stereocenters. The molecule has 0 aliphatic rings. The summed E-state index contributed by atoms with van der Waals surface area (Å²) in [6, 6.07) is 6.41. The molecule has 0 aliphatic carbocycles. The van der Waals surface area contributed by atoms with E-state index in [1.807, 2.05) is 0 Å². The summed E-state index contributed by atoms with van der Waals surface area (Å²) in [4.78, 5) is 1.04. The number of benzene rings is 1. The summed E-state index contributed by atoms with van der Waals surface area (Å²) >= 11 is 3.05. The number of halogens is 1. The second-order valence-electron chi connectivity index (χ2n) is 2.62. The van der Waals surface area contributed by atoms with Crippen molar-refractivity contribution in [2.24, 2.45) is 16.7 Å². The predicted molar refractivity (Wildman–Crippen MR) is 65.4 cm³/mol. The van der Waals surface area contributed by atoms with Gasteiger partial charge in [0.1, 0.15) is 5.82 Å². The summed E-state index contributed by atoms with van der Waals surface area (Å²) in [7, 11) is 0. The fourth-order valence-electron chi connectivity index (χ4n) is 0.874. The second kappa shape index (κ2) is 6.58. The third-order valence-electron chi connectivity index (χ3n) is 1.54. The number of nitrogens with two attached hydrogens (primary N) is 2. The molecule has 6 heteroatoms. The van der Waals surface area contributed by atoms with E-state index in [2.05, 4.69) is 5.10 Å². The molecule has 1 aromatic rings. The second-order valence-corrected chi connectivity index (χ2v) is 4.90. The SMILES string of the molecule is NN=C(N)SCCSc1ccc(F)cc1. The van der Waals surface area contributed by atoms with Gasteiger partial charge in [0.15, 0.2) is 5.17 Å². The topological polar surface area (TPSA) is 64.4 Å². The van der Waals surface area contributed by atoms with Crippen molar-refractivity contribution in [3.63, 3.8) is 0 Å². The molecule has 4 N–H and O–H groups in total. The lowest BCUT2D eigenvalue weighted by atomic mass is 10.4. The van der Waals surface area contributed by atoms with E-state index in [1.165, 1.54) is 23.9 Å². The Bertz CT molecular complexity index is 327. The Kier molecular flexibility index (Phi) is 5.34. The maximum Gasteiger partial charge on any atom is 0.177 e. The quantitative estimate of drug-likeness (QED) is 0.212. The average molecular weight is 245 g/mol. The van der Waals surface area contributed by atoms with Crippen LogP contribution in [0.25, 0.3) is 0 Å². The number of amidine groups is 1. The van der Waals surface area contributed by atoms with Crippen LogP contribution in [0.2, 0.25) is 0 Å². The molecule has 1 aromatic carbocycles. The minimum absolute atomic E-state index is 0.215. The molecular formula is C9H12FN3S2. The van der Waals surface area contributed by atoms with Gasteiger partial charge in [-0.2, -0.15) is 5.10 Å². The molecule has 0 amide bonds. The van der Waals surface area contributed by atoms with E-state index < -0.39 is 0 Å². The van der Waals surface area contributed by atoms with Gasteiger partial charge in [0.2, 0.25) is 0 Å². The number of hydrazone groups is 1. The molecule has 0 fully saturated rings. The summed E-state index contributed by atoms with van der Waals surface area (Å²) in [6.07, 6.45) is 0. The molecule has 1 rings (SSSR count). The molecule has 3 nitrogen and oxygen atoms in total. The van der Waals surface area contributed by atoms with Crippen LogP contribution in [0, 0.1) is 5.82 Å². The largest absolute Gasteiger partial charge is 0.377 e. The summed E-state index contributed by atoms with van der Waals surface area (Å²) < 4.78 is 12.6. The normalized spacial score (nSPS) is 11.7. The molecule has 0 saturated carbocycles. The lowest BCUT2D eigenvalue weighted by Gasteiger charge is -2.00. The molecule has 0 spiro atoms. The van der Waals surface area contributed by atoms with Crippen LogP contribution >= 0.6 is 23.5 Å². The van der Waals surface area contributed by atoms with Crippen molar-refractivity contribution >= 4 is 28.7 Å². The van der Waals surface area contributed by atoms with Crippen molar-refractivity contribution in [1.29, 1.82) is 0 Å². The van der Waals surface area contributed by atoms with Crippen LogP contribution in [0.4, 0.5) is 4.39 Å². The first-order valence-corrected chi connectivity index (χ1v) is 6.24. The lowest BCUT2D eigenvalue weighted by molar-refractivity contribution is 0.626. The highest BCUT2D eigenvalue weighted by Crippen LogP contribution is 2.19. The Hall–Kier alpha value is -0.880. The zero-order chi connectivity index (χ0) is 11.1. The average Bonchev–Trinajstić information content (AvgIpc) is 2.26. The molecule has 0 atom stereocenters. The Morgan fingerprint density at radius 2 is 1.93 bits per heavy atom. The Labute approximate surface area is 96.5 Å². The maximum absolute atomic E-state index is 12.6. The van der Waals surface area contributed by atoms with Crippen LogP contribution in [-0.2, 0) is 0 Å². The van der Waals surface area contributed by atoms with E-state index in [1.54, 1.807) is 23.9 Å². The monoisotopic (exact) mass is 245 g/mol. The summed E-state index contributed by atoms with van der Waals surface area (Å²) in [5, 5.41) is 3.73. The minimum Gasteiger partial charge on any atom is -0.377 e. The standard InChI is InChI=1S/C9H12FN3S2/c10-7-1-3-8(4-2-7)14-5-6-15-9(11)13-12/h1-4H,5-6,12H2,(H2,11,13). The van der Waals surface area contributed by atoms with Gasteiger partial charge in [0.05, 0.1) is 0 Å². The zero-order valence-corrected chi connectivity index (χ0v) is 9.65. The Morgan fingerprint density at radius 1 is 1.27 bits per heavy atom. The molecular weight excluding hydrogens is 233 g/mol. The van der Waals surface area contributed by atoms with Crippen molar-refractivity contribution in [1.82, 2.24) is 0 Å². The number of hydrogen-bond donors (Lipinski definition) is 2. The summed E-state index contributed by atoms with van der Waals surface area (Å²) in [5.74, 6) is 6.47. The van der Waals surface area contributed by atoms with Crippen molar-refractivity contribution in [3.05, 3.63) is 30.1 Å². The van der Waals surface area contributed by atoms with E-state index in [-0.39, 0.29) is 5.82 Å². The van der Waals surface area contributed by atoms with Gasteiger partial charge in [-0.05, 0) is 24.3 Å². The molecule has 0 bridgehead atoms. The van der Waals surface area contributed by atoms with Crippen LogP contribution < -0.4 is 11.6 Å². The third-order valence-corrected chi connectivity index (χ3v) is 3.62. The summed E-state index contributed by atoms with van der Waals surface area (Å²) in [6.45, 7) is 0. The van der Waals surface area contributed by atoms with Gasteiger partial charge in [-0.25, -0.2) is 4.39 Å². The maximum atomic E-state index is 12.6. The van der Waals surface area contributed by atoms with E-state index in [0.717, 1.165) is 16.4 Å². The molecule has 15 heavy (non-hydrogen) atoms. The number of thioether (sulfide) groups is 2. The van der Waals surface area contributed by atoms with Crippen LogP contribution in [0.15, 0.2) is 34.3 Å². The molecule has 0 saturated heterocycles. The minimum atomic E-state index is -0.215. The first kappa shape index (κ1) is 12.2. The van der Waals surface area contributed by atoms with Crippen molar-refractivity contribution < 1.29 is 4.39 Å². The zero-order valence-electron chi connectivity index (χ0n) is 8.02. The molecule has 0 aliphatic heterocycles. The van der Waals surface area contributed by atoms with Gasteiger partial charge >= 0.3 is 0 Å². The number of hydrogen-bond acceptors (Lipinski definition) is 4. The van der Waals surface area contributed by atoms with Crippen LogP contribution in [0.3, 0.4) is 0 Å². The highest BCUT2D eigenvalue weighted by atomic mass is 32.2. The summed E-state index contributed by atoms with van der Waals surface area (Å²) in [5.41, 5.74) is 5.40. The van der Waals surface area contributed by atoms with Gasteiger partial charge in [-0.1, -0.05) is 11.8 Å². The van der Waals surface area contributed by atoms with Crippen LogP contribution in [-0.4, -0.2) is 16.7 Å². The third kappa shape index (κ3) is 4.94. The van der Waals surface area contributed by atoms with Crippen molar-refractivity contribution in [3.8, 4) is 0 Å². The van der Waals surface area contributed by atoms with Crippen molar-refractivity contribution in [2.75, 3.05) is 11.5 Å². The molecule has 0 aromatic heterocycles. The fourth-order valence-corrected chi connectivity index (χ4v) is 2.39. The van der Waals surface area contributed by atoms with E-state index >= 15 is 0 Å². The van der Waals surface area contributed by atoms with E-state index in [4.69, 9.17) is 11.6 Å². The Balaban J connectivity index is 2.23. The lowest BCUT2D eigenvalue weighted by Crippen LogP contribution is -2.10. The van der Waals surface area contributed by atoms with Crippen LogP contribution in [0.1, 0.15) is 0 Å². The van der Waals surface area contributed by atoms with Crippen molar-refractivity contribution in [2.45, 2.75) is 4.90 Å². The van der Waals surface area contributed by atoms with Gasteiger partial charge in [-0.15, -0.1) is 11.8 Å². The first-order valence-electron chi connectivity index (χ1n) is 4.27. The smallest absolute Gasteiger partial charge is 0.177 e. The Morgan fingerprint density at radius 3 is 2.53 bits per heavy atom. The highest BCUT2D eigenvalue weighted by Gasteiger charge is 1.96. The van der Waals surface area contributed by atoms with Gasteiger partial charge in [0, 0.05) is 16.4 Å². The predicted octanol–water partition coefficient (Wildman–Crippen LogP) is 1.84. The van der Waals surface area contributed by atoms with E-state index in [9.17, 15) is 4.39 Å². The van der Waals surface area contributed by atoms with Gasteiger partial charge < -0.3 is 11.6 Å². The first-order chi connectivity index (χ1) is 7.22. The highest BCUT2D eigenvalue weighted by molar-refractivity contribution is 8.14. The number of nitrogens with zero attached hydrogens (tertiary/aromatic N) is 1. The van der Waals surface area contributed by atoms with Crippen LogP contribution in [0.5, 0.6) is 0 Å².